The van der Waals surface area contributed by atoms with Crippen LogP contribution >= 0.6 is 0 Å². The Bertz CT molecular complexity index is 3580. The number of aryl methyl sites for hydroxylation is 6. The molecule has 2 aliphatic rings. The number of hydrogen-bond acceptors (Lipinski definition) is 1. The largest absolute Gasteiger partial charge is 0.375 e. The zero-order valence-electron chi connectivity index (χ0n) is 35.0. The number of para-hydroxylation sites is 2. The lowest BCUT2D eigenvalue weighted by atomic mass is 9.45. The van der Waals surface area contributed by atoms with E-state index in [1.54, 1.807) is 0 Å². The lowest BCUT2D eigenvalue weighted by molar-refractivity contribution is 1.17. The van der Waals surface area contributed by atoms with Gasteiger partial charge in [0.05, 0.1) is 22.7 Å². The summed E-state index contributed by atoms with van der Waals surface area (Å²) in [6, 6.07) is 50.3. The molecule has 0 radical (unpaired) electrons. The van der Waals surface area contributed by atoms with E-state index in [0.717, 1.165) is 5.56 Å². The van der Waals surface area contributed by atoms with Crippen LogP contribution in [0.25, 0.3) is 93.8 Å². The third-order valence-electron chi connectivity index (χ3n) is 13.8. The van der Waals surface area contributed by atoms with Gasteiger partial charge in [0.15, 0.2) is 0 Å². The molecule has 0 unspecified atom stereocenters. The fraction of sp³-hybridized carbons (Fsp3) is 0.125. The Labute approximate surface area is 350 Å². The van der Waals surface area contributed by atoms with Crippen LogP contribution in [0.5, 0.6) is 0 Å². The van der Waals surface area contributed by atoms with E-state index >= 15 is 0 Å². The number of rotatable bonds is 3. The van der Waals surface area contributed by atoms with Gasteiger partial charge in [-0.05, 0) is 175 Å². The molecule has 0 amide bonds. The molecular formula is C56H42BN3. The maximum Gasteiger partial charge on any atom is 0.333 e. The first-order chi connectivity index (χ1) is 29.1. The van der Waals surface area contributed by atoms with Crippen molar-refractivity contribution in [3.63, 3.8) is 0 Å². The molecule has 2 aromatic heterocycles. The minimum atomic E-state index is -0.0425. The van der Waals surface area contributed by atoms with Crippen LogP contribution in [0.4, 0.5) is 0 Å². The summed E-state index contributed by atoms with van der Waals surface area (Å²) in [6.07, 6.45) is 0. The number of benzene rings is 8. The third kappa shape index (κ3) is 4.55. The maximum absolute atomic E-state index is 9.76. The fourth-order valence-electron chi connectivity index (χ4n) is 11.8. The summed E-state index contributed by atoms with van der Waals surface area (Å²) in [5.74, 6) is 0. The first-order valence-corrected chi connectivity index (χ1v) is 21.1. The Morgan fingerprint density at radius 1 is 0.483 bits per heavy atom. The van der Waals surface area contributed by atoms with Crippen LogP contribution in [0.2, 0.25) is 0 Å². The predicted molar refractivity (Wildman–Crippen MR) is 254 cm³/mol. The molecule has 3 nitrogen and oxygen atoms in total. The zero-order valence-corrected chi connectivity index (χ0v) is 35.0. The molecule has 0 aliphatic carbocycles. The highest BCUT2D eigenvalue weighted by Crippen LogP contribution is 2.49. The van der Waals surface area contributed by atoms with Gasteiger partial charge in [-0.1, -0.05) is 90.0 Å². The van der Waals surface area contributed by atoms with Gasteiger partial charge in [-0.25, -0.2) is 0 Å². The van der Waals surface area contributed by atoms with E-state index in [-0.39, 0.29) is 6.85 Å². The van der Waals surface area contributed by atoms with Crippen LogP contribution in [-0.2, 0) is 0 Å². The molecule has 0 N–H and O–H groups in total. The SMILES string of the molecule is Cc1cc(C)c(-c2ccc3c(c2)c2cc(-c4c(C)cc(C)cc4C)cc4c2n3B2c3c(cc(-c5ccc(C#N)cc5)c(C)c3-4)-n3c4ccccc4c4cccc2c43)c(C)c1. The van der Waals surface area contributed by atoms with Crippen molar-refractivity contribution < 1.29 is 0 Å². The van der Waals surface area contributed by atoms with Crippen LogP contribution in [0.15, 0.2) is 127 Å². The molecule has 4 heteroatoms. The van der Waals surface area contributed by atoms with Crippen LogP contribution in [0, 0.1) is 59.8 Å². The number of nitrogens with zero attached hydrogens (tertiary/aromatic N) is 3. The first kappa shape index (κ1) is 34.9. The highest BCUT2D eigenvalue weighted by atomic mass is 15.0. The van der Waals surface area contributed by atoms with Crippen molar-refractivity contribution in [2.24, 2.45) is 0 Å². The van der Waals surface area contributed by atoms with Crippen molar-refractivity contribution in [1.82, 2.24) is 9.05 Å². The smallest absolute Gasteiger partial charge is 0.333 e. The lowest BCUT2D eigenvalue weighted by Crippen LogP contribution is -2.55. The van der Waals surface area contributed by atoms with Gasteiger partial charge in [0, 0.05) is 43.8 Å². The second kappa shape index (κ2) is 12.2. The molecule has 12 rings (SSSR count). The van der Waals surface area contributed by atoms with Crippen LogP contribution in [-0.4, -0.2) is 15.9 Å². The van der Waals surface area contributed by atoms with Crippen molar-refractivity contribution in [2.45, 2.75) is 48.5 Å². The summed E-state index contributed by atoms with van der Waals surface area (Å²) < 4.78 is 5.24. The second-order valence-corrected chi connectivity index (χ2v) is 17.6. The number of nitriles is 1. The summed E-state index contributed by atoms with van der Waals surface area (Å²) in [7, 11) is 0. The predicted octanol–water partition coefficient (Wildman–Crippen LogP) is 12.9. The lowest BCUT2D eigenvalue weighted by Gasteiger charge is -2.36. The average Bonchev–Trinajstić information content (AvgIpc) is 3.74. The molecular weight excluding hydrogens is 725 g/mol. The van der Waals surface area contributed by atoms with Crippen LogP contribution in [0.3, 0.4) is 0 Å². The summed E-state index contributed by atoms with van der Waals surface area (Å²) >= 11 is 0. The molecule has 8 aromatic carbocycles. The summed E-state index contributed by atoms with van der Waals surface area (Å²) in [4.78, 5) is 0. The normalized spacial score (nSPS) is 12.5. The second-order valence-electron chi connectivity index (χ2n) is 17.6. The Morgan fingerprint density at radius 3 is 1.82 bits per heavy atom. The van der Waals surface area contributed by atoms with Crippen molar-refractivity contribution in [1.29, 1.82) is 5.26 Å². The summed E-state index contributed by atoms with van der Waals surface area (Å²) in [5, 5.41) is 14.9. The molecule has 0 atom stereocenters. The Kier molecular flexibility index (Phi) is 7.11. The van der Waals surface area contributed by atoms with Gasteiger partial charge >= 0.3 is 6.85 Å². The van der Waals surface area contributed by atoms with E-state index in [4.69, 9.17) is 0 Å². The number of fused-ring (bicyclic) bond motifs is 10. The van der Waals surface area contributed by atoms with Gasteiger partial charge in [0.2, 0.25) is 0 Å². The van der Waals surface area contributed by atoms with Gasteiger partial charge in [-0.15, -0.1) is 0 Å². The third-order valence-corrected chi connectivity index (χ3v) is 13.8. The minimum Gasteiger partial charge on any atom is -0.375 e. The highest BCUT2D eigenvalue weighted by Gasteiger charge is 2.43. The molecule has 0 bridgehead atoms. The summed E-state index contributed by atoms with van der Waals surface area (Å²) in [5.41, 5.74) is 28.7. The van der Waals surface area contributed by atoms with Crippen molar-refractivity contribution in [3.8, 4) is 56.3 Å². The molecule has 0 saturated heterocycles. The van der Waals surface area contributed by atoms with Crippen molar-refractivity contribution in [3.05, 3.63) is 172 Å². The molecule has 4 heterocycles. The van der Waals surface area contributed by atoms with Gasteiger partial charge < -0.3 is 9.05 Å². The Morgan fingerprint density at radius 2 is 1.12 bits per heavy atom. The first-order valence-electron chi connectivity index (χ1n) is 21.1. The molecule has 2 aliphatic heterocycles. The minimum absolute atomic E-state index is 0.0425. The van der Waals surface area contributed by atoms with Crippen LogP contribution < -0.4 is 10.9 Å². The van der Waals surface area contributed by atoms with Crippen molar-refractivity contribution in [2.75, 3.05) is 0 Å². The number of aromatic nitrogens is 2. The fourth-order valence-corrected chi connectivity index (χ4v) is 11.8. The molecule has 0 fully saturated rings. The molecule has 0 saturated carbocycles. The van der Waals surface area contributed by atoms with E-state index < -0.39 is 0 Å². The maximum atomic E-state index is 9.76. The Hall–Kier alpha value is -7.09. The van der Waals surface area contributed by atoms with Gasteiger partial charge in [0.25, 0.3) is 0 Å². The van der Waals surface area contributed by atoms with Gasteiger partial charge in [-0.2, -0.15) is 5.26 Å². The van der Waals surface area contributed by atoms with Gasteiger partial charge in [-0.3, -0.25) is 0 Å². The molecule has 10 aromatic rings. The van der Waals surface area contributed by atoms with Crippen molar-refractivity contribution >= 4 is 61.4 Å². The topological polar surface area (TPSA) is 33.6 Å². The van der Waals surface area contributed by atoms with E-state index in [9.17, 15) is 5.26 Å². The highest BCUT2D eigenvalue weighted by molar-refractivity contribution is 6.90. The van der Waals surface area contributed by atoms with E-state index in [0.29, 0.717) is 5.56 Å². The van der Waals surface area contributed by atoms with E-state index in [1.165, 1.54) is 138 Å². The average molecular weight is 768 g/mol. The Balaban J connectivity index is 1.29. The van der Waals surface area contributed by atoms with E-state index in [1.807, 2.05) is 12.1 Å². The standard InChI is InChI=1S/C56H42BN3/c1-30-21-32(3)51(33(4)22-30)39-19-20-49-44(25-39)45-26-40(52-34(5)23-31(2)24-35(52)6)27-46-53-36(7)43(38-17-15-37(29-58)16-18-38)28-50-54(53)57(60(49)55(45)46)47-13-10-12-42-41-11-8-9-14-48(41)59(50)56(42)47/h8-28H,1-7H3. The number of hydrogen-bond donors (Lipinski definition) is 0. The van der Waals surface area contributed by atoms with Gasteiger partial charge in [0.1, 0.15) is 0 Å². The van der Waals surface area contributed by atoms with E-state index in [2.05, 4.69) is 179 Å². The summed E-state index contributed by atoms with van der Waals surface area (Å²) in [6.45, 7) is 15.7. The quantitative estimate of drug-likeness (QED) is 0.165. The molecule has 284 valence electrons. The molecule has 0 spiro atoms. The molecule has 60 heavy (non-hydrogen) atoms. The zero-order chi connectivity index (χ0) is 40.9. The monoisotopic (exact) mass is 767 g/mol. The van der Waals surface area contributed by atoms with Crippen LogP contribution in [0.1, 0.15) is 44.5 Å².